The Hall–Kier alpha value is -0.800. The van der Waals surface area contributed by atoms with Gasteiger partial charge in [0, 0.05) is 18.5 Å². The van der Waals surface area contributed by atoms with Crippen molar-refractivity contribution in [2.75, 3.05) is 19.8 Å². The summed E-state index contributed by atoms with van der Waals surface area (Å²) in [6, 6.07) is 0. The number of carbonyl (C=O) groups excluding carboxylic acids is 1. The van der Waals surface area contributed by atoms with Crippen LogP contribution in [0.4, 0.5) is 9.18 Å². The average molecular weight is 229 g/mol. The van der Waals surface area contributed by atoms with Gasteiger partial charge in [-0.05, 0) is 39.5 Å². The first kappa shape index (κ1) is 11.7. The minimum Gasteiger partial charge on any atom is -0.444 e. The molecule has 1 heterocycles. The van der Waals surface area contributed by atoms with Crippen molar-refractivity contribution in [3.63, 3.8) is 0 Å². The van der Waals surface area contributed by atoms with Crippen LogP contribution in [0.5, 0.6) is 0 Å². The summed E-state index contributed by atoms with van der Waals surface area (Å²) in [6.07, 6.45) is 1.66. The lowest BCUT2D eigenvalue weighted by Crippen LogP contribution is -2.41. The van der Waals surface area contributed by atoms with Gasteiger partial charge in [0.1, 0.15) is 5.60 Å². The Balaban J connectivity index is 1.96. The molecule has 0 aromatic rings. The van der Waals surface area contributed by atoms with Gasteiger partial charge >= 0.3 is 6.09 Å². The zero-order chi connectivity index (χ0) is 12.0. The minimum absolute atomic E-state index is 0.239. The molecule has 0 radical (unpaired) electrons. The Morgan fingerprint density at radius 3 is 2.62 bits per heavy atom. The molecule has 2 rings (SSSR count). The van der Waals surface area contributed by atoms with Gasteiger partial charge in [0.2, 0.25) is 0 Å². The van der Waals surface area contributed by atoms with E-state index in [2.05, 4.69) is 0 Å². The van der Waals surface area contributed by atoms with Gasteiger partial charge in [0.05, 0.1) is 6.67 Å². The number of halogens is 1. The highest BCUT2D eigenvalue weighted by Crippen LogP contribution is 2.52. The highest BCUT2D eigenvalue weighted by atomic mass is 19.1. The Morgan fingerprint density at radius 2 is 2.25 bits per heavy atom. The van der Waals surface area contributed by atoms with E-state index in [1.54, 1.807) is 4.90 Å². The number of ether oxygens (including phenoxy) is 1. The fraction of sp³-hybridized carbons (Fsp3) is 0.917. The summed E-state index contributed by atoms with van der Waals surface area (Å²) < 4.78 is 18.3. The van der Waals surface area contributed by atoms with Crippen molar-refractivity contribution in [2.45, 2.75) is 39.2 Å². The standard InChI is InChI=1S/C12H20FNO2/c1-11(2,3)16-10(15)14-6-9-4-5-12(9,7-13)8-14/h9H,4-8H2,1-3H3/t9-,12-/m0/s1. The van der Waals surface area contributed by atoms with Gasteiger partial charge in [0.25, 0.3) is 0 Å². The van der Waals surface area contributed by atoms with Gasteiger partial charge in [0.15, 0.2) is 0 Å². The molecule has 3 nitrogen and oxygen atoms in total. The fourth-order valence-electron chi connectivity index (χ4n) is 2.64. The maximum Gasteiger partial charge on any atom is 0.410 e. The van der Waals surface area contributed by atoms with Crippen molar-refractivity contribution < 1.29 is 13.9 Å². The lowest BCUT2D eigenvalue weighted by Gasteiger charge is -2.41. The lowest BCUT2D eigenvalue weighted by atomic mass is 9.63. The molecule has 0 spiro atoms. The van der Waals surface area contributed by atoms with Crippen molar-refractivity contribution >= 4 is 6.09 Å². The number of amides is 1. The molecule has 1 amide bonds. The molecule has 1 aliphatic carbocycles. The van der Waals surface area contributed by atoms with Crippen LogP contribution in [0.3, 0.4) is 0 Å². The van der Waals surface area contributed by atoms with Crippen LogP contribution < -0.4 is 0 Å². The molecule has 1 saturated carbocycles. The maximum absolute atomic E-state index is 13.0. The molecule has 0 unspecified atom stereocenters. The van der Waals surface area contributed by atoms with Crippen molar-refractivity contribution in [3.8, 4) is 0 Å². The highest BCUT2D eigenvalue weighted by Gasteiger charge is 2.54. The third-order valence-electron chi connectivity index (χ3n) is 3.72. The molecule has 0 N–H and O–H groups in total. The molecule has 2 fully saturated rings. The zero-order valence-electron chi connectivity index (χ0n) is 10.3. The van der Waals surface area contributed by atoms with E-state index in [9.17, 15) is 9.18 Å². The predicted molar refractivity (Wildman–Crippen MR) is 58.9 cm³/mol. The van der Waals surface area contributed by atoms with Crippen LogP contribution in [0.2, 0.25) is 0 Å². The van der Waals surface area contributed by atoms with E-state index in [0.29, 0.717) is 19.0 Å². The zero-order valence-corrected chi connectivity index (χ0v) is 10.3. The lowest BCUT2D eigenvalue weighted by molar-refractivity contribution is 0.0245. The monoisotopic (exact) mass is 229 g/mol. The summed E-state index contributed by atoms with van der Waals surface area (Å²) in [5.74, 6) is 0.352. The van der Waals surface area contributed by atoms with Gasteiger partial charge < -0.3 is 9.64 Å². The van der Waals surface area contributed by atoms with E-state index in [1.807, 2.05) is 20.8 Å². The van der Waals surface area contributed by atoms with E-state index in [1.165, 1.54) is 0 Å². The van der Waals surface area contributed by atoms with Crippen LogP contribution in [0.25, 0.3) is 0 Å². The molecule has 0 bridgehead atoms. The number of rotatable bonds is 1. The van der Waals surface area contributed by atoms with E-state index in [-0.39, 0.29) is 18.2 Å². The summed E-state index contributed by atoms with van der Waals surface area (Å²) in [7, 11) is 0. The molecule has 16 heavy (non-hydrogen) atoms. The number of nitrogens with zero attached hydrogens (tertiary/aromatic N) is 1. The number of carbonyl (C=O) groups is 1. The minimum atomic E-state index is -0.471. The summed E-state index contributed by atoms with van der Waals surface area (Å²) in [5, 5.41) is 0. The number of alkyl halides is 1. The second kappa shape index (κ2) is 3.60. The molecule has 0 aromatic heterocycles. The SMILES string of the molecule is CC(C)(C)OC(=O)N1C[C@@H]2CC[C@]2(CF)C1. The Labute approximate surface area is 95.9 Å². The first-order valence-corrected chi connectivity index (χ1v) is 5.90. The van der Waals surface area contributed by atoms with E-state index in [0.717, 1.165) is 12.8 Å². The van der Waals surface area contributed by atoms with Crippen molar-refractivity contribution in [1.29, 1.82) is 0 Å². The second-order valence-corrected chi connectivity index (χ2v) is 6.09. The normalized spacial score (nSPS) is 33.2. The summed E-state index contributed by atoms with van der Waals surface area (Å²) >= 11 is 0. The van der Waals surface area contributed by atoms with Gasteiger partial charge in [-0.2, -0.15) is 0 Å². The summed E-state index contributed by atoms with van der Waals surface area (Å²) in [4.78, 5) is 13.5. The van der Waals surface area contributed by atoms with Gasteiger partial charge in [-0.15, -0.1) is 0 Å². The van der Waals surface area contributed by atoms with Gasteiger partial charge in [-0.25, -0.2) is 4.79 Å². The van der Waals surface area contributed by atoms with Crippen LogP contribution in [0, 0.1) is 11.3 Å². The fourth-order valence-corrected chi connectivity index (χ4v) is 2.64. The van der Waals surface area contributed by atoms with Crippen LogP contribution in [0.1, 0.15) is 33.6 Å². The Kier molecular flexibility index (Phi) is 2.63. The van der Waals surface area contributed by atoms with Crippen LogP contribution in [0.15, 0.2) is 0 Å². The van der Waals surface area contributed by atoms with E-state index < -0.39 is 5.60 Å². The quantitative estimate of drug-likeness (QED) is 0.691. The van der Waals surface area contributed by atoms with E-state index >= 15 is 0 Å². The first-order chi connectivity index (χ1) is 7.36. The highest BCUT2D eigenvalue weighted by molar-refractivity contribution is 5.68. The predicted octanol–water partition coefficient (Wildman–Crippen LogP) is 2.60. The first-order valence-electron chi connectivity index (χ1n) is 5.90. The van der Waals surface area contributed by atoms with Gasteiger partial charge in [-0.1, -0.05) is 0 Å². The molecule has 2 aliphatic rings. The van der Waals surface area contributed by atoms with Crippen LogP contribution in [-0.4, -0.2) is 36.4 Å². The largest absolute Gasteiger partial charge is 0.444 e. The third-order valence-corrected chi connectivity index (χ3v) is 3.72. The number of hydrogen-bond acceptors (Lipinski definition) is 2. The molecular formula is C12H20FNO2. The molecule has 0 aromatic carbocycles. The molecular weight excluding hydrogens is 209 g/mol. The topological polar surface area (TPSA) is 29.5 Å². The summed E-state index contributed by atoms with van der Waals surface area (Å²) in [5.41, 5.74) is -0.710. The van der Waals surface area contributed by atoms with Crippen molar-refractivity contribution in [2.24, 2.45) is 11.3 Å². The van der Waals surface area contributed by atoms with Crippen molar-refractivity contribution in [1.82, 2.24) is 4.90 Å². The van der Waals surface area contributed by atoms with Crippen molar-refractivity contribution in [3.05, 3.63) is 0 Å². The molecule has 92 valence electrons. The number of hydrogen-bond donors (Lipinski definition) is 0. The molecule has 2 atom stereocenters. The van der Waals surface area contributed by atoms with Crippen LogP contribution in [-0.2, 0) is 4.74 Å². The smallest absolute Gasteiger partial charge is 0.410 e. The molecule has 1 aliphatic heterocycles. The maximum atomic E-state index is 13.0. The Morgan fingerprint density at radius 1 is 1.56 bits per heavy atom. The number of fused-ring (bicyclic) bond motifs is 1. The van der Waals surface area contributed by atoms with Crippen LogP contribution >= 0.6 is 0 Å². The summed E-state index contributed by atoms with van der Waals surface area (Å²) in [6.45, 7) is 6.43. The van der Waals surface area contributed by atoms with E-state index in [4.69, 9.17) is 4.74 Å². The molecule has 4 heteroatoms. The molecule has 1 saturated heterocycles. The number of likely N-dealkylation sites (tertiary alicyclic amines) is 1. The second-order valence-electron chi connectivity index (χ2n) is 6.09. The van der Waals surface area contributed by atoms with Gasteiger partial charge in [-0.3, -0.25) is 4.39 Å². The third kappa shape index (κ3) is 1.89. The average Bonchev–Trinajstić information content (AvgIpc) is 2.37. The Bertz CT molecular complexity index is 296.